The highest BCUT2D eigenvalue weighted by atomic mass is 19.1. The van der Waals surface area contributed by atoms with E-state index < -0.39 is 11.8 Å². The van der Waals surface area contributed by atoms with Gasteiger partial charge in [0.1, 0.15) is 12.4 Å². The Hall–Kier alpha value is -2.36. The van der Waals surface area contributed by atoms with E-state index in [2.05, 4.69) is 0 Å². The summed E-state index contributed by atoms with van der Waals surface area (Å²) < 4.78 is 18.7. The van der Waals surface area contributed by atoms with Gasteiger partial charge in [0.25, 0.3) is 0 Å². The highest BCUT2D eigenvalue weighted by Crippen LogP contribution is 2.16. The fourth-order valence-corrected chi connectivity index (χ4v) is 1.87. The lowest BCUT2D eigenvalue weighted by Crippen LogP contribution is -2.08. The van der Waals surface area contributed by atoms with Crippen molar-refractivity contribution in [2.75, 3.05) is 5.73 Å². The number of carbonyl (C=O) groups excluding carboxylic acids is 1. The number of hydrogen-bond acceptors (Lipinski definition) is 3. The molecule has 0 aliphatic carbocycles. The van der Waals surface area contributed by atoms with Crippen molar-refractivity contribution in [3.8, 4) is 0 Å². The highest BCUT2D eigenvalue weighted by Gasteiger charge is 2.13. The number of halogens is 1. The van der Waals surface area contributed by atoms with Crippen LogP contribution in [0.4, 0.5) is 10.1 Å². The molecule has 0 spiro atoms. The van der Waals surface area contributed by atoms with Gasteiger partial charge in [0.2, 0.25) is 0 Å². The van der Waals surface area contributed by atoms with Crippen LogP contribution in [0.1, 0.15) is 27.0 Å². The van der Waals surface area contributed by atoms with Gasteiger partial charge in [-0.25, -0.2) is 9.18 Å². The van der Waals surface area contributed by atoms with Crippen molar-refractivity contribution in [3.05, 3.63) is 64.5 Å². The molecule has 104 valence electrons. The number of nitrogen functional groups attached to an aromatic ring is 1. The van der Waals surface area contributed by atoms with Crippen LogP contribution in [0.3, 0.4) is 0 Å². The largest absolute Gasteiger partial charge is 0.457 e. The lowest BCUT2D eigenvalue weighted by Gasteiger charge is -2.09. The molecule has 0 aliphatic rings. The maximum Gasteiger partial charge on any atom is 0.341 e. The minimum absolute atomic E-state index is 0.107. The minimum atomic E-state index is -0.691. The van der Waals surface area contributed by atoms with E-state index in [1.807, 2.05) is 32.0 Å². The second kappa shape index (κ2) is 5.74. The van der Waals surface area contributed by atoms with Gasteiger partial charge in [0, 0.05) is 5.69 Å². The summed E-state index contributed by atoms with van der Waals surface area (Å²) in [6, 6.07) is 9.80. The molecule has 0 atom stereocenters. The molecule has 20 heavy (non-hydrogen) atoms. The second-order valence-electron chi connectivity index (χ2n) is 4.75. The van der Waals surface area contributed by atoms with E-state index in [0.717, 1.165) is 22.8 Å². The molecule has 2 N–H and O–H groups in total. The summed E-state index contributed by atoms with van der Waals surface area (Å²) in [7, 11) is 0. The van der Waals surface area contributed by atoms with Crippen LogP contribution in [-0.4, -0.2) is 5.97 Å². The number of nitrogens with two attached hydrogens (primary N) is 1. The molecule has 0 radical (unpaired) electrons. The van der Waals surface area contributed by atoms with Crippen molar-refractivity contribution in [2.45, 2.75) is 20.5 Å². The summed E-state index contributed by atoms with van der Waals surface area (Å²) in [5.74, 6) is -1.36. The SMILES string of the molecule is Cc1ccc(C)c(COC(=O)c2ccc(N)cc2F)c1. The number of esters is 1. The average molecular weight is 273 g/mol. The Bertz CT molecular complexity index is 653. The van der Waals surface area contributed by atoms with Gasteiger partial charge in [-0.15, -0.1) is 0 Å². The Morgan fingerprint density at radius 3 is 2.65 bits per heavy atom. The van der Waals surface area contributed by atoms with Gasteiger partial charge in [0.15, 0.2) is 0 Å². The first-order valence-corrected chi connectivity index (χ1v) is 6.25. The number of anilines is 1. The molecule has 2 aromatic carbocycles. The Balaban J connectivity index is 2.10. The summed E-state index contributed by atoms with van der Waals surface area (Å²) in [6.45, 7) is 4.02. The van der Waals surface area contributed by atoms with Crippen molar-refractivity contribution in [3.63, 3.8) is 0 Å². The first-order valence-electron chi connectivity index (χ1n) is 6.25. The standard InChI is InChI=1S/C16H16FNO2/c1-10-3-4-11(2)12(7-10)9-20-16(19)14-6-5-13(18)8-15(14)17/h3-8H,9,18H2,1-2H3. The second-order valence-corrected chi connectivity index (χ2v) is 4.75. The van der Waals surface area contributed by atoms with E-state index in [1.54, 1.807) is 0 Å². The number of rotatable bonds is 3. The Kier molecular flexibility index (Phi) is 4.03. The molecule has 3 nitrogen and oxygen atoms in total. The molecule has 0 fully saturated rings. The van der Waals surface area contributed by atoms with E-state index in [1.165, 1.54) is 12.1 Å². The highest BCUT2D eigenvalue weighted by molar-refractivity contribution is 5.90. The zero-order valence-electron chi connectivity index (χ0n) is 11.4. The maximum atomic E-state index is 13.6. The van der Waals surface area contributed by atoms with Crippen molar-refractivity contribution in [1.29, 1.82) is 0 Å². The van der Waals surface area contributed by atoms with Crippen LogP contribution in [0.2, 0.25) is 0 Å². The van der Waals surface area contributed by atoms with E-state index in [4.69, 9.17) is 10.5 Å². The summed E-state index contributed by atoms with van der Waals surface area (Å²) in [4.78, 5) is 11.8. The van der Waals surface area contributed by atoms with Crippen LogP contribution in [-0.2, 0) is 11.3 Å². The quantitative estimate of drug-likeness (QED) is 0.689. The molecule has 0 aromatic heterocycles. The van der Waals surface area contributed by atoms with Crippen LogP contribution in [0, 0.1) is 19.7 Å². The van der Waals surface area contributed by atoms with E-state index >= 15 is 0 Å². The zero-order valence-corrected chi connectivity index (χ0v) is 11.4. The fourth-order valence-electron chi connectivity index (χ4n) is 1.87. The van der Waals surface area contributed by atoms with Crippen LogP contribution in [0.5, 0.6) is 0 Å². The van der Waals surface area contributed by atoms with Crippen molar-refractivity contribution in [1.82, 2.24) is 0 Å². The molecule has 2 rings (SSSR count). The molecule has 0 heterocycles. The Morgan fingerprint density at radius 2 is 1.95 bits per heavy atom. The molecular weight excluding hydrogens is 257 g/mol. The molecule has 0 saturated heterocycles. The number of carbonyl (C=O) groups is 1. The van der Waals surface area contributed by atoms with Gasteiger partial charge in [0.05, 0.1) is 5.56 Å². The molecule has 0 aliphatic heterocycles. The number of benzene rings is 2. The van der Waals surface area contributed by atoms with Gasteiger partial charge < -0.3 is 10.5 Å². The van der Waals surface area contributed by atoms with Gasteiger partial charge in [-0.3, -0.25) is 0 Å². The van der Waals surface area contributed by atoms with E-state index in [-0.39, 0.29) is 17.9 Å². The van der Waals surface area contributed by atoms with Gasteiger partial charge in [-0.2, -0.15) is 0 Å². The first-order chi connectivity index (χ1) is 9.47. The number of ether oxygens (including phenoxy) is 1. The predicted molar refractivity (Wildman–Crippen MR) is 75.8 cm³/mol. The molecule has 0 amide bonds. The Labute approximate surface area is 117 Å². The number of aryl methyl sites for hydroxylation is 2. The number of hydrogen-bond donors (Lipinski definition) is 1. The van der Waals surface area contributed by atoms with E-state index in [0.29, 0.717) is 0 Å². The van der Waals surface area contributed by atoms with Gasteiger partial charge in [-0.1, -0.05) is 23.8 Å². The Morgan fingerprint density at radius 1 is 1.20 bits per heavy atom. The normalized spacial score (nSPS) is 10.3. The minimum Gasteiger partial charge on any atom is -0.457 e. The molecule has 2 aromatic rings. The first kappa shape index (κ1) is 14.1. The van der Waals surface area contributed by atoms with Crippen molar-refractivity contribution in [2.24, 2.45) is 0 Å². The topological polar surface area (TPSA) is 52.3 Å². The van der Waals surface area contributed by atoms with Crippen molar-refractivity contribution >= 4 is 11.7 Å². The predicted octanol–water partition coefficient (Wildman–Crippen LogP) is 3.38. The third-order valence-corrected chi connectivity index (χ3v) is 3.08. The van der Waals surface area contributed by atoms with E-state index in [9.17, 15) is 9.18 Å². The van der Waals surface area contributed by atoms with Crippen LogP contribution in [0.25, 0.3) is 0 Å². The van der Waals surface area contributed by atoms with Crippen LogP contribution >= 0.6 is 0 Å². The summed E-state index contributed by atoms with van der Waals surface area (Å²) in [6.07, 6.45) is 0. The smallest absolute Gasteiger partial charge is 0.341 e. The lowest BCUT2D eigenvalue weighted by molar-refractivity contribution is 0.0466. The summed E-state index contributed by atoms with van der Waals surface area (Å²) in [5, 5.41) is 0. The average Bonchev–Trinajstić information content (AvgIpc) is 2.39. The van der Waals surface area contributed by atoms with Crippen LogP contribution < -0.4 is 5.73 Å². The molecular formula is C16H16FNO2. The summed E-state index contributed by atoms with van der Waals surface area (Å²) >= 11 is 0. The summed E-state index contributed by atoms with van der Waals surface area (Å²) in [5.41, 5.74) is 8.63. The van der Waals surface area contributed by atoms with Crippen molar-refractivity contribution < 1.29 is 13.9 Å². The third-order valence-electron chi connectivity index (χ3n) is 3.08. The zero-order chi connectivity index (χ0) is 14.7. The van der Waals surface area contributed by atoms with Gasteiger partial charge in [-0.05, 0) is 43.2 Å². The maximum absolute atomic E-state index is 13.6. The third kappa shape index (κ3) is 3.15. The monoisotopic (exact) mass is 273 g/mol. The molecule has 0 unspecified atom stereocenters. The van der Waals surface area contributed by atoms with Gasteiger partial charge >= 0.3 is 5.97 Å². The van der Waals surface area contributed by atoms with Crippen LogP contribution in [0.15, 0.2) is 36.4 Å². The molecule has 4 heteroatoms. The molecule has 0 saturated carbocycles. The fraction of sp³-hybridized carbons (Fsp3) is 0.188. The molecule has 0 bridgehead atoms. The lowest BCUT2D eigenvalue weighted by atomic mass is 10.1.